The van der Waals surface area contributed by atoms with Crippen LogP contribution in [0.4, 0.5) is 0 Å². The van der Waals surface area contributed by atoms with Crippen LogP contribution in [0.5, 0.6) is 17.2 Å². The van der Waals surface area contributed by atoms with E-state index < -0.39 is 0 Å². The average molecular weight is 404 g/mol. The van der Waals surface area contributed by atoms with Crippen molar-refractivity contribution in [2.45, 2.75) is 0 Å². The zero-order valence-corrected chi connectivity index (χ0v) is 16.0. The van der Waals surface area contributed by atoms with Crippen molar-refractivity contribution in [1.82, 2.24) is 14.5 Å². The second kappa shape index (κ2) is 7.14. The van der Waals surface area contributed by atoms with Gasteiger partial charge in [-0.05, 0) is 34.1 Å². The van der Waals surface area contributed by atoms with E-state index in [4.69, 9.17) is 14.2 Å². The van der Waals surface area contributed by atoms with E-state index in [1.54, 1.807) is 33.5 Å². The largest absolute Gasteiger partial charge is 0.496 e. The minimum Gasteiger partial charge on any atom is -0.496 e. The molecule has 2 heterocycles. The second-order valence-electron chi connectivity index (χ2n) is 5.32. The molecule has 3 aromatic rings. The molecule has 0 unspecified atom stereocenters. The van der Waals surface area contributed by atoms with E-state index in [0.717, 1.165) is 17.0 Å². The van der Waals surface area contributed by atoms with Crippen molar-refractivity contribution in [2.24, 2.45) is 7.05 Å². The number of nitrogens with zero attached hydrogens (tertiary/aromatic N) is 3. The van der Waals surface area contributed by atoms with Gasteiger partial charge in [-0.3, -0.25) is 0 Å². The molecule has 0 saturated heterocycles. The first-order valence-corrected chi connectivity index (χ1v) is 8.33. The standard InChI is InChI=1S/C18H18BrN3O3/c1-22-7-5-6-14(22)12-10-13(21-18(19)20-12)17-15(24-3)8-11(23-2)9-16(17)25-4/h5-10H,1-4H3. The third-order valence-corrected chi connectivity index (χ3v) is 4.23. The quantitative estimate of drug-likeness (QED) is 0.603. The highest BCUT2D eigenvalue weighted by atomic mass is 79.9. The Morgan fingerprint density at radius 1 is 0.920 bits per heavy atom. The minimum atomic E-state index is 0.487. The molecule has 130 valence electrons. The molecule has 25 heavy (non-hydrogen) atoms. The van der Waals surface area contributed by atoms with Gasteiger partial charge >= 0.3 is 0 Å². The number of hydrogen-bond acceptors (Lipinski definition) is 5. The number of rotatable bonds is 5. The van der Waals surface area contributed by atoms with Gasteiger partial charge in [-0.15, -0.1) is 0 Å². The van der Waals surface area contributed by atoms with E-state index >= 15 is 0 Å². The number of halogens is 1. The van der Waals surface area contributed by atoms with Gasteiger partial charge in [0.15, 0.2) is 4.73 Å². The predicted molar refractivity (Wildman–Crippen MR) is 99.2 cm³/mol. The summed E-state index contributed by atoms with van der Waals surface area (Å²) in [5, 5.41) is 0. The van der Waals surface area contributed by atoms with Crippen LogP contribution in [0.1, 0.15) is 0 Å². The summed E-state index contributed by atoms with van der Waals surface area (Å²) in [6.07, 6.45) is 1.97. The Labute approximate surface area is 154 Å². The van der Waals surface area contributed by atoms with Gasteiger partial charge in [0.25, 0.3) is 0 Å². The van der Waals surface area contributed by atoms with Crippen LogP contribution in [0.3, 0.4) is 0 Å². The molecule has 1 aromatic carbocycles. The second-order valence-corrected chi connectivity index (χ2v) is 6.03. The summed E-state index contributed by atoms with van der Waals surface area (Å²) in [5.41, 5.74) is 3.21. The molecule has 3 rings (SSSR count). The molecular weight excluding hydrogens is 386 g/mol. The third-order valence-electron chi connectivity index (χ3n) is 3.88. The Morgan fingerprint density at radius 3 is 2.08 bits per heavy atom. The minimum absolute atomic E-state index is 0.487. The molecule has 0 N–H and O–H groups in total. The molecule has 0 aliphatic carbocycles. The SMILES string of the molecule is COc1cc(OC)c(-c2cc(-c3cccn3C)nc(Br)n2)c(OC)c1. The van der Waals surface area contributed by atoms with Crippen LogP contribution in [0.15, 0.2) is 41.3 Å². The van der Waals surface area contributed by atoms with E-state index in [-0.39, 0.29) is 0 Å². The first-order chi connectivity index (χ1) is 12.1. The van der Waals surface area contributed by atoms with E-state index in [1.807, 2.05) is 36.0 Å². The van der Waals surface area contributed by atoms with Crippen molar-refractivity contribution >= 4 is 15.9 Å². The highest BCUT2D eigenvalue weighted by molar-refractivity contribution is 9.10. The van der Waals surface area contributed by atoms with Gasteiger partial charge in [0, 0.05) is 25.4 Å². The molecule has 0 amide bonds. The van der Waals surface area contributed by atoms with E-state index in [0.29, 0.717) is 27.7 Å². The monoisotopic (exact) mass is 403 g/mol. The molecule has 6 nitrogen and oxygen atoms in total. The van der Waals surface area contributed by atoms with E-state index in [9.17, 15) is 0 Å². The van der Waals surface area contributed by atoms with Crippen molar-refractivity contribution in [1.29, 1.82) is 0 Å². The lowest BCUT2D eigenvalue weighted by molar-refractivity contribution is 0.377. The summed E-state index contributed by atoms with van der Waals surface area (Å²) in [6.45, 7) is 0. The highest BCUT2D eigenvalue weighted by Gasteiger charge is 2.19. The van der Waals surface area contributed by atoms with Crippen LogP contribution in [-0.4, -0.2) is 35.9 Å². The average Bonchev–Trinajstić information content (AvgIpc) is 3.05. The maximum absolute atomic E-state index is 5.54. The number of ether oxygens (including phenoxy) is 3. The molecule has 2 aromatic heterocycles. The molecule has 0 bridgehead atoms. The first-order valence-electron chi connectivity index (χ1n) is 7.54. The summed E-state index contributed by atoms with van der Waals surface area (Å²) in [5.74, 6) is 1.87. The molecule has 0 aliphatic heterocycles. The van der Waals surface area contributed by atoms with Gasteiger partial charge in [-0.1, -0.05) is 0 Å². The number of aryl methyl sites for hydroxylation is 1. The summed E-state index contributed by atoms with van der Waals surface area (Å²) in [6, 6.07) is 9.49. The van der Waals surface area contributed by atoms with Gasteiger partial charge in [-0.25, -0.2) is 9.97 Å². The van der Waals surface area contributed by atoms with Gasteiger partial charge in [0.05, 0.1) is 44.0 Å². The Hall–Kier alpha value is -2.54. The lowest BCUT2D eigenvalue weighted by Gasteiger charge is -2.15. The zero-order valence-electron chi connectivity index (χ0n) is 14.4. The first kappa shape index (κ1) is 17.3. The smallest absolute Gasteiger partial charge is 0.197 e. The fourth-order valence-electron chi connectivity index (χ4n) is 2.66. The Bertz CT molecular complexity index is 883. The van der Waals surface area contributed by atoms with E-state index in [1.165, 1.54) is 0 Å². The third kappa shape index (κ3) is 3.32. The molecule has 0 fully saturated rings. The van der Waals surface area contributed by atoms with Crippen molar-refractivity contribution in [2.75, 3.05) is 21.3 Å². The van der Waals surface area contributed by atoms with Crippen molar-refractivity contribution in [3.63, 3.8) is 0 Å². The van der Waals surface area contributed by atoms with E-state index in [2.05, 4.69) is 25.9 Å². The summed E-state index contributed by atoms with van der Waals surface area (Å²) < 4.78 is 18.9. The number of benzene rings is 1. The number of methoxy groups -OCH3 is 3. The lowest BCUT2D eigenvalue weighted by Crippen LogP contribution is -1.99. The Kier molecular flexibility index (Phi) is 4.94. The van der Waals surface area contributed by atoms with Crippen LogP contribution >= 0.6 is 15.9 Å². The molecule has 0 radical (unpaired) electrons. The van der Waals surface area contributed by atoms with Crippen LogP contribution in [0, 0.1) is 0 Å². The zero-order chi connectivity index (χ0) is 18.0. The van der Waals surface area contributed by atoms with Crippen molar-refractivity contribution in [3.05, 3.63) is 41.3 Å². The highest BCUT2D eigenvalue weighted by Crippen LogP contribution is 2.42. The molecule has 7 heteroatoms. The molecule has 0 aliphatic rings. The number of aromatic nitrogens is 3. The van der Waals surface area contributed by atoms with Gasteiger partial charge < -0.3 is 18.8 Å². The lowest BCUT2D eigenvalue weighted by atomic mass is 10.1. The molecule has 0 saturated carbocycles. The maximum Gasteiger partial charge on any atom is 0.197 e. The van der Waals surface area contributed by atoms with Crippen molar-refractivity contribution in [3.8, 4) is 39.9 Å². The van der Waals surface area contributed by atoms with Gasteiger partial charge in [-0.2, -0.15) is 0 Å². The normalized spacial score (nSPS) is 10.6. The predicted octanol–water partition coefficient (Wildman–Crippen LogP) is 3.94. The van der Waals surface area contributed by atoms with Crippen LogP contribution in [0.25, 0.3) is 22.6 Å². The van der Waals surface area contributed by atoms with Crippen molar-refractivity contribution < 1.29 is 14.2 Å². The van der Waals surface area contributed by atoms with Gasteiger partial charge in [0.2, 0.25) is 0 Å². The van der Waals surface area contributed by atoms with Crippen LogP contribution < -0.4 is 14.2 Å². The molecule has 0 atom stereocenters. The molecule has 0 spiro atoms. The number of hydrogen-bond donors (Lipinski definition) is 0. The van der Waals surface area contributed by atoms with Gasteiger partial charge in [0.1, 0.15) is 17.2 Å². The molecular formula is C18H18BrN3O3. The Balaban J connectivity index is 2.23. The maximum atomic E-state index is 5.54. The fourth-order valence-corrected chi connectivity index (χ4v) is 3.04. The fraction of sp³-hybridized carbons (Fsp3) is 0.222. The topological polar surface area (TPSA) is 58.4 Å². The summed E-state index contributed by atoms with van der Waals surface area (Å²) in [7, 11) is 6.78. The summed E-state index contributed by atoms with van der Waals surface area (Å²) in [4.78, 5) is 9.00. The Morgan fingerprint density at radius 2 is 1.56 bits per heavy atom. The van der Waals surface area contributed by atoms with Crippen LogP contribution in [-0.2, 0) is 7.05 Å². The summed E-state index contributed by atoms with van der Waals surface area (Å²) >= 11 is 3.40. The van der Waals surface area contributed by atoms with Crippen LogP contribution in [0.2, 0.25) is 0 Å².